The van der Waals surface area contributed by atoms with Gasteiger partial charge in [0, 0.05) is 12.0 Å². The lowest BCUT2D eigenvalue weighted by Crippen LogP contribution is -2.51. The summed E-state index contributed by atoms with van der Waals surface area (Å²) < 4.78 is 29.5. The van der Waals surface area contributed by atoms with Crippen LogP contribution in [0.4, 0.5) is 8.78 Å². The minimum Gasteiger partial charge on any atom is -0.390 e. The van der Waals surface area contributed by atoms with Gasteiger partial charge in [-0.3, -0.25) is 9.36 Å². The van der Waals surface area contributed by atoms with Crippen LogP contribution in [0.1, 0.15) is 71.6 Å². The number of ketones is 1. The molecule has 8 heteroatoms. The summed E-state index contributed by atoms with van der Waals surface area (Å²) in [5.41, 5.74) is -1.15. The van der Waals surface area contributed by atoms with Gasteiger partial charge in [-0.1, -0.05) is 6.92 Å². The number of aromatic nitrogens is 3. The summed E-state index contributed by atoms with van der Waals surface area (Å²) in [6.07, 6.45) is 10.7. The van der Waals surface area contributed by atoms with Gasteiger partial charge in [0.1, 0.15) is 18.0 Å². The van der Waals surface area contributed by atoms with Gasteiger partial charge in [-0.05, 0) is 112 Å². The van der Waals surface area contributed by atoms with Gasteiger partial charge in [0.25, 0.3) is 0 Å². The van der Waals surface area contributed by atoms with Gasteiger partial charge in [-0.2, -0.15) is 9.78 Å². The molecule has 37 heavy (non-hydrogen) atoms. The summed E-state index contributed by atoms with van der Waals surface area (Å²) in [7, 11) is 0. The van der Waals surface area contributed by atoms with E-state index in [2.05, 4.69) is 12.0 Å². The van der Waals surface area contributed by atoms with Crippen LogP contribution in [0.3, 0.4) is 0 Å². The Labute approximate surface area is 216 Å². The molecule has 0 saturated heterocycles. The van der Waals surface area contributed by atoms with Gasteiger partial charge in [0.05, 0.1) is 17.8 Å². The quantitative estimate of drug-likeness (QED) is 0.631. The number of benzene rings is 1. The zero-order valence-electron chi connectivity index (χ0n) is 21.7. The van der Waals surface area contributed by atoms with Gasteiger partial charge >= 0.3 is 5.69 Å². The maximum absolute atomic E-state index is 13.7. The summed E-state index contributed by atoms with van der Waals surface area (Å²) in [5.74, 6) is 1.59. The number of rotatable bonds is 4. The molecule has 4 aliphatic carbocycles. The Morgan fingerprint density at radius 1 is 1.00 bits per heavy atom. The maximum atomic E-state index is 13.7. The number of hydrogen-bond acceptors (Lipinski definition) is 4. The fraction of sp³-hybridized carbons (Fsp3) is 0.690. The molecule has 4 fully saturated rings. The molecule has 6 nitrogen and oxygen atoms in total. The van der Waals surface area contributed by atoms with Crippen LogP contribution in [0.5, 0.6) is 0 Å². The molecule has 200 valence electrons. The lowest BCUT2D eigenvalue weighted by molar-refractivity contribution is -0.133. The number of fused-ring (bicyclic) bond motifs is 5. The van der Waals surface area contributed by atoms with Crippen molar-refractivity contribution in [1.29, 1.82) is 0 Å². The molecule has 1 N–H and O–H groups in total. The third-order valence-electron chi connectivity index (χ3n) is 10.8. The average Bonchev–Trinajstić information content (AvgIpc) is 3.37. The molecular formula is C29H37F2N3O3. The van der Waals surface area contributed by atoms with E-state index < -0.39 is 22.9 Å². The SMILES string of the molecule is C[C@@]1(O)CC[C@H]2[C@H](CC[C@@H]3[C@@H]2CC[C@]2(C)[C@@H](C(=O)Cn4cnn(-c5cc(F)cc(F)c5)c4=O)CC[C@@H]32)C1. The monoisotopic (exact) mass is 513 g/mol. The highest BCUT2D eigenvalue weighted by Crippen LogP contribution is 2.64. The number of nitrogens with zero attached hydrogens (tertiary/aromatic N) is 3. The smallest absolute Gasteiger partial charge is 0.350 e. The van der Waals surface area contributed by atoms with Gasteiger partial charge in [-0.25, -0.2) is 13.6 Å². The molecule has 0 bridgehead atoms. The normalized spacial score (nSPS) is 39.1. The lowest BCUT2D eigenvalue weighted by atomic mass is 9.49. The van der Waals surface area contributed by atoms with E-state index >= 15 is 0 Å². The molecule has 1 aromatic heterocycles. The predicted molar refractivity (Wildman–Crippen MR) is 134 cm³/mol. The third-order valence-corrected chi connectivity index (χ3v) is 10.8. The minimum absolute atomic E-state index is 0.000239. The van der Waals surface area contributed by atoms with E-state index in [1.54, 1.807) is 0 Å². The molecule has 1 aromatic carbocycles. The van der Waals surface area contributed by atoms with Crippen LogP contribution in [-0.2, 0) is 11.3 Å². The Morgan fingerprint density at radius 3 is 2.49 bits per heavy atom. The van der Waals surface area contributed by atoms with Crippen LogP contribution >= 0.6 is 0 Å². The highest BCUT2D eigenvalue weighted by Gasteiger charge is 2.58. The first kappa shape index (κ1) is 25.0. The Morgan fingerprint density at radius 2 is 1.73 bits per heavy atom. The Bertz CT molecular complexity index is 1250. The fourth-order valence-electron chi connectivity index (χ4n) is 9.17. The lowest BCUT2D eigenvalue weighted by Gasteiger charge is -2.56. The summed E-state index contributed by atoms with van der Waals surface area (Å²) in [4.78, 5) is 26.5. The zero-order chi connectivity index (χ0) is 26.1. The van der Waals surface area contributed by atoms with Crippen LogP contribution in [0, 0.1) is 52.6 Å². The molecule has 4 aliphatic rings. The molecule has 0 radical (unpaired) electrons. The molecule has 1 heterocycles. The predicted octanol–water partition coefficient (Wildman–Crippen LogP) is 4.90. The third kappa shape index (κ3) is 4.19. The van der Waals surface area contributed by atoms with Gasteiger partial charge in [0.2, 0.25) is 0 Å². The maximum Gasteiger partial charge on any atom is 0.350 e. The number of hydrogen-bond donors (Lipinski definition) is 1. The van der Waals surface area contributed by atoms with Gasteiger partial charge in [0.15, 0.2) is 5.78 Å². The second kappa shape index (κ2) is 8.85. The molecule has 0 spiro atoms. The van der Waals surface area contributed by atoms with Crippen molar-refractivity contribution in [3.05, 3.63) is 46.6 Å². The average molecular weight is 514 g/mol. The number of halogens is 2. The van der Waals surface area contributed by atoms with E-state index in [0.29, 0.717) is 29.6 Å². The molecule has 0 amide bonds. The van der Waals surface area contributed by atoms with E-state index in [1.165, 1.54) is 23.7 Å². The Balaban J connectivity index is 1.18. The molecule has 2 aromatic rings. The van der Waals surface area contributed by atoms with Gasteiger partial charge < -0.3 is 5.11 Å². The van der Waals surface area contributed by atoms with Crippen molar-refractivity contribution in [2.24, 2.45) is 40.9 Å². The second-order valence-corrected chi connectivity index (χ2v) is 12.9. The number of carbonyl (C=O) groups excluding carboxylic acids is 1. The van der Waals surface area contributed by atoms with E-state index in [9.17, 15) is 23.5 Å². The van der Waals surface area contributed by atoms with Crippen molar-refractivity contribution in [2.45, 2.75) is 83.8 Å². The Kier molecular flexibility index (Phi) is 5.97. The summed E-state index contributed by atoms with van der Waals surface area (Å²) in [5, 5.41) is 14.6. The second-order valence-electron chi connectivity index (χ2n) is 12.9. The van der Waals surface area contributed by atoms with Crippen molar-refractivity contribution in [2.75, 3.05) is 0 Å². The van der Waals surface area contributed by atoms with Crippen molar-refractivity contribution in [3.63, 3.8) is 0 Å². The molecule has 4 saturated carbocycles. The van der Waals surface area contributed by atoms with E-state index in [4.69, 9.17) is 0 Å². The number of carbonyl (C=O) groups is 1. The van der Waals surface area contributed by atoms with Crippen molar-refractivity contribution < 1.29 is 18.7 Å². The van der Waals surface area contributed by atoms with Gasteiger partial charge in [-0.15, -0.1) is 0 Å². The van der Waals surface area contributed by atoms with Crippen LogP contribution in [0.25, 0.3) is 5.69 Å². The molecular weight excluding hydrogens is 476 g/mol. The molecule has 0 unspecified atom stereocenters. The van der Waals surface area contributed by atoms with E-state index in [0.717, 1.165) is 67.8 Å². The minimum atomic E-state index is -0.791. The van der Waals surface area contributed by atoms with Crippen LogP contribution in [0.2, 0.25) is 0 Å². The fourth-order valence-corrected chi connectivity index (χ4v) is 9.17. The summed E-state index contributed by atoms with van der Waals surface area (Å²) >= 11 is 0. The summed E-state index contributed by atoms with van der Waals surface area (Å²) in [6, 6.07) is 2.84. The molecule has 8 atom stereocenters. The molecule has 6 rings (SSSR count). The first-order valence-electron chi connectivity index (χ1n) is 13.9. The Hall–Kier alpha value is -2.35. The van der Waals surface area contributed by atoms with Crippen LogP contribution < -0.4 is 5.69 Å². The first-order valence-corrected chi connectivity index (χ1v) is 13.9. The number of aliphatic hydroxyl groups is 1. The summed E-state index contributed by atoms with van der Waals surface area (Å²) in [6.45, 7) is 4.21. The first-order chi connectivity index (χ1) is 17.6. The van der Waals surface area contributed by atoms with Crippen molar-refractivity contribution in [1.82, 2.24) is 14.3 Å². The highest BCUT2D eigenvalue weighted by atomic mass is 19.1. The van der Waals surface area contributed by atoms with Crippen LogP contribution in [-0.4, -0.2) is 30.8 Å². The largest absolute Gasteiger partial charge is 0.390 e. The van der Waals surface area contributed by atoms with Crippen molar-refractivity contribution >= 4 is 5.78 Å². The standard InChI is InChI=1S/C29H37F2N3O3/c1-28(37)9-7-21-17(14-28)3-4-23-22(21)8-10-29(2)24(23)5-6-25(29)26(35)15-33-16-32-34(27(33)36)20-12-18(30)11-19(31)13-20/h11-13,16-17,21-25,37H,3-10,14-15H2,1-2H3/t17-,21+,22-,23-,24+,25-,28-,29+/m1/s1. The topological polar surface area (TPSA) is 77.1 Å². The molecule has 0 aliphatic heterocycles. The van der Waals surface area contributed by atoms with Crippen molar-refractivity contribution in [3.8, 4) is 5.69 Å². The number of Topliss-reactive ketones (excluding diaryl/α,β-unsaturated/α-hetero) is 1. The van der Waals surface area contributed by atoms with Crippen LogP contribution in [0.15, 0.2) is 29.3 Å². The highest BCUT2D eigenvalue weighted by molar-refractivity contribution is 5.82. The van der Waals surface area contributed by atoms with E-state index in [-0.39, 0.29) is 29.3 Å². The zero-order valence-corrected chi connectivity index (χ0v) is 21.7. The van der Waals surface area contributed by atoms with E-state index in [1.807, 2.05) is 6.92 Å².